The Bertz CT molecular complexity index is 954. The number of benzene rings is 3. The third-order valence-electron chi connectivity index (χ3n) is 3.56. The highest BCUT2D eigenvalue weighted by Gasteiger charge is 2.12. The van der Waals surface area contributed by atoms with Crippen molar-refractivity contribution >= 4 is 40.2 Å². The SMILES string of the molecule is O=C(O)c1ccccc1C(=S)Nc1ccc(N=Nc2ccccc2)cc1. The largest absolute Gasteiger partial charge is 0.478 e. The third-order valence-corrected chi connectivity index (χ3v) is 3.89. The molecule has 0 heterocycles. The van der Waals surface area contributed by atoms with Crippen molar-refractivity contribution in [1.29, 1.82) is 0 Å². The molecule has 0 unspecified atom stereocenters. The van der Waals surface area contributed by atoms with E-state index in [0.29, 0.717) is 16.2 Å². The minimum atomic E-state index is -1.01. The molecule has 3 rings (SSSR count). The molecule has 2 N–H and O–H groups in total. The second kappa shape index (κ2) is 8.13. The quantitative estimate of drug-likeness (QED) is 0.459. The Morgan fingerprint density at radius 2 is 1.31 bits per heavy atom. The van der Waals surface area contributed by atoms with Crippen molar-refractivity contribution in [3.05, 3.63) is 90.0 Å². The Morgan fingerprint density at radius 1 is 0.769 bits per heavy atom. The highest BCUT2D eigenvalue weighted by Crippen LogP contribution is 2.21. The first kappa shape index (κ1) is 17.4. The molecule has 3 aromatic rings. The molecule has 0 amide bonds. The van der Waals surface area contributed by atoms with Gasteiger partial charge in [0, 0.05) is 11.3 Å². The van der Waals surface area contributed by atoms with Crippen molar-refractivity contribution < 1.29 is 9.90 Å². The van der Waals surface area contributed by atoms with E-state index in [1.54, 1.807) is 30.3 Å². The zero-order chi connectivity index (χ0) is 18.4. The predicted molar refractivity (Wildman–Crippen MR) is 106 cm³/mol. The van der Waals surface area contributed by atoms with Crippen molar-refractivity contribution in [2.75, 3.05) is 5.32 Å². The molecular weight excluding hydrogens is 346 g/mol. The summed E-state index contributed by atoms with van der Waals surface area (Å²) in [4.78, 5) is 11.7. The van der Waals surface area contributed by atoms with Crippen LogP contribution < -0.4 is 5.32 Å². The first-order valence-corrected chi connectivity index (χ1v) is 8.25. The summed E-state index contributed by atoms with van der Waals surface area (Å²) in [6.07, 6.45) is 0. The van der Waals surface area contributed by atoms with Gasteiger partial charge in [-0.05, 0) is 42.5 Å². The summed E-state index contributed by atoms with van der Waals surface area (Å²) < 4.78 is 0. The van der Waals surface area contributed by atoms with E-state index in [9.17, 15) is 9.90 Å². The molecule has 26 heavy (non-hydrogen) atoms. The van der Waals surface area contributed by atoms with Gasteiger partial charge in [0.25, 0.3) is 0 Å². The Kier molecular flexibility index (Phi) is 5.46. The van der Waals surface area contributed by atoms with Gasteiger partial charge < -0.3 is 10.4 Å². The zero-order valence-corrected chi connectivity index (χ0v) is 14.5. The van der Waals surface area contributed by atoms with Gasteiger partial charge in [0.15, 0.2) is 0 Å². The molecule has 6 heteroatoms. The molecule has 0 bridgehead atoms. The fourth-order valence-corrected chi connectivity index (χ4v) is 2.58. The summed E-state index contributed by atoms with van der Waals surface area (Å²) in [6, 6.07) is 23.3. The summed E-state index contributed by atoms with van der Waals surface area (Å²) in [5.74, 6) is -1.01. The fraction of sp³-hybridized carbons (Fsp3) is 0. The number of thiocarbonyl (C=S) groups is 1. The Labute approximate surface area is 156 Å². The van der Waals surface area contributed by atoms with E-state index >= 15 is 0 Å². The topological polar surface area (TPSA) is 74.0 Å². The van der Waals surface area contributed by atoms with E-state index in [-0.39, 0.29) is 5.56 Å². The molecule has 0 aliphatic heterocycles. The maximum absolute atomic E-state index is 11.3. The fourth-order valence-electron chi connectivity index (χ4n) is 2.29. The van der Waals surface area contributed by atoms with Crippen LogP contribution in [0.1, 0.15) is 15.9 Å². The van der Waals surface area contributed by atoms with Crippen LogP contribution in [0.4, 0.5) is 17.1 Å². The smallest absolute Gasteiger partial charge is 0.336 e. The summed E-state index contributed by atoms with van der Waals surface area (Å²) in [6.45, 7) is 0. The molecule has 0 aromatic heterocycles. The molecule has 0 saturated carbocycles. The highest BCUT2D eigenvalue weighted by molar-refractivity contribution is 7.81. The average molecular weight is 361 g/mol. The lowest BCUT2D eigenvalue weighted by Gasteiger charge is -2.10. The summed E-state index contributed by atoms with van der Waals surface area (Å²) >= 11 is 5.34. The molecule has 0 fully saturated rings. The second-order valence-corrected chi connectivity index (χ2v) is 5.80. The van der Waals surface area contributed by atoms with Gasteiger partial charge in [-0.1, -0.05) is 48.6 Å². The number of carboxylic acid groups (broad SMARTS) is 1. The number of aromatic carboxylic acids is 1. The number of azo groups is 1. The van der Waals surface area contributed by atoms with Gasteiger partial charge in [-0.25, -0.2) is 4.79 Å². The number of carboxylic acids is 1. The minimum absolute atomic E-state index is 0.165. The number of hydrogen-bond acceptors (Lipinski definition) is 4. The summed E-state index contributed by atoms with van der Waals surface area (Å²) in [5, 5.41) is 20.6. The molecule has 0 atom stereocenters. The van der Waals surface area contributed by atoms with Crippen molar-refractivity contribution in [3.8, 4) is 0 Å². The Morgan fingerprint density at radius 3 is 1.92 bits per heavy atom. The lowest BCUT2D eigenvalue weighted by atomic mass is 10.1. The molecule has 5 nitrogen and oxygen atoms in total. The predicted octanol–water partition coefficient (Wildman–Crippen LogP) is 5.59. The van der Waals surface area contributed by atoms with Gasteiger partial charge in [0.2, 0.25) is 0 Å². The second-order valence-electron chi connectivity index (χ2n) is 5.39. The van der Waals surface area contributed by atoms with Gasteiger partial charge in [-0.2, -0.15) is 10.2 Å². The van der Waals surface area contributed by atoms with Crippen LogP contribution in [0.2, 0.25) is 0 Å². The van der Waals surface area contributed by atoms with Crippen molar-refractivity contribution in [3.63, 3.8) is 0 Å². The van der Waals surface area contributed by atoms with Crippen molar-refractivity contribution in [1.82, 2.24) is 0 Å². The normalized spacial score (nSPS) is 10.6. The number of nitrogens with zero attached hydrogens (tertiary/aromatic N) is 2. The molecule has 0 spiro atoms. The first-order valence-electron chi connectivity index (χ1n) is 7.84. The van der Waals surface area contributed by atoms with Crippen LogP contribution >= 0.6 is 12.2 Å². The van der Waals surface area contributed by atoms with Crippen LogP contribution in [0, 0.1) is 0 Å². The maximum Gasteiger partial charge on any atom is 0.336 e. The lowest BCUT2D eigenvalue weighted by molar-refractivity contribution is 0.0696. The third kappa shape index (κ3) is 4.37. The number of rotatable bonds is 5. The Hall–Kier alpha value is -3.38. The van der Waals surface area contributed by atoms with Crippen molar-refractivity contribution in [2.45, 2.75) is 0 Å². The number of carbonyl (C=O) groups is 1. The van der Waals surface area contributed by atoms with E-state index in [0.717, 1.165) is 11.4 Å². The van der Waals surface area contributed by atoms with Gasteiger partial charge in [-0.3, -0.25) is 0 Å². The zero-order valence-electron chi connectivity index (χ0n) is 13.7. The van der Waals surface area contributed by atoms with Crippen LogP contribution in [-0.2, 0) is 0 Å². The monoisotopic (exact) mass is 361 g/mol. The summed E-state index contributed by atoms with van der Waals surface area (Å²) in [5.41, 5.74) is 2.87. The number of hydrogen-bond donors (Lipinski definition) is 2. The van der Waals surface area contributed by atoms with Gasteiger partial charge in [0.05, 0.1) is 16.9 Å². The van der Waals surface area contributed by atoms with Gasteiger partial charge in [0.1, 0.15) is 4.99 Å². The lowest BCUT2D eigenvalue weighted by Crippen LogP contribution is -2.15. The van der Waals surface area contributed by atoms with E-state index in [1.807, 2.05) is 42.5 Å². The molecule has 128 valence electrons. The Balaban J connectivity index is 1.71. The van der Waals surface area contributed by atoms with E-state index in [4.69, 9.17) is 12.2 Å². The molecular formula is C20H15N3O2S. The molecule has 0 aliphatic carbocycles. The van der Waals surface area contributed by atoms with Crippen LogP contribution in [-0.4, -0.2) is 16.1 Å². The van der Waals surface area contributed by atoms with Crippen LogP contribution in [0.3, 0.4) is 0 Å². The van der Waals surface area contributed by atoms with E-state index in [1.165, 1.54) is 6.07 Å². The maximum atomic E-state index is 11.3. The number of nitrogens with one attached hydrogen (secondary N) is 1. The van der Waals surface area contributed by atoms with Gasteiger partial charge >= 0.3 is 5.97 Å². The minimum Gasteiger partial charge on any atom is -0.478 e. The van der Waals surface area contributed by atoms with E-state index < -0.39 is 5.97 Å². The molecule has 3 aromatic carbocycles. The standard InChI is InChI=1S/C20H15N3O2S/c24-20(25)18-9-5-4-8-17(18)19(26)21-14-10-12-16(13-11-14)23-22-15-6-2-1-3-7-15/h1-13H,(H,21,26)(H,24,25). The average Bonchev–Trinajstić information content (AvgIpc) is 2.68. The van der Waals surface area contributed by atoms with Crippen molar-refractivity contribution in [2.24, 2.45) is 10.2 Å². The summed E-state index contributed by atoms with van der Waals surface area (Å²) in [7, 11) is 0. The van der Waals surface area contributed by atoms with Gasteiger partial charge in [-0.15, -0.1) is 0 Å². The van der Waals surface area contributed by atoms with E-state index in [2.05, 4.69) is 15.5 Å². The highest BCUT2D eigenvalue weighted by atomic mass is 32.1. The molecule has 0 saturated heterocycles. The van der Waals surface area contributed by atoms with Crippen LogP contribution in [0.15, 0.2) is 89.1 Å². The number of anilines is 1. The van der Waals surface area contributed by atoms with Crippen LogP contribution in [0.25, 0.3) is 0 Å². The molecule has 0 radical (unpaired) electrons. The first-order chi connectivity index (χ1) is 12.6. The van der Waals surface area contributed by atoms with Crippen LogP contribution in [0.5, 0.6) is 0 Å². The molecule has 0 aliphatic rings.